The molecule has 0 radical (unpaired) electrons. The van der Waals surface area contributed by atoms with Crippen LogP contribution in [-0.2, 0) is 0 Å². The summed E-state index contributed by atoms with van der Waals surface area (Å²) >= 11 is 0. The number of aromatic nitrogens is 1. The summed E-state index contributed by atoms with van der Waals surface area (Å²) in [6.45, 7) is 0. The number of benzene rings is 3. The Morgan fingerprint density at radius 2 is 1.35 bits per heavy atom. The molecule has 0 saturated carbocycles. The van der Waals surface area contributed by atoms with Gasteiger partial charge in [0.25, 0.3) is 0 Å². The Morgan fingerprint density at radius 1 is 0.806 bits per heavy atom. The van der Waals surface area contributed by atoms with E-state index in [0.717, 1.165) is 0 Å². The summed E-state index contributed by atoms with van der Waals surface area (Å²) in [6.07, 6.45) is 0. The molecule has 156 valence electrons. The highest BCUT2D eigenvalue weighted by molar-refractivity contribution is 6.01. The second-order valence-electron chi connectivity index (χ2n) is 6.67. The predicted octanol–water partition coefficient (Wildman–Crippen LogP) is 5.65. The van der Waals surface area contributed by atoms with Gasteiger partial charge in [0.05, 0.1) is 24.7 Å². The molecule has 8 nitrogen and oxygen atoms in total. The first-order chi connectivity index (χ1) is 15.1. The molecule has 4 rings (SSSR count). The number of hydrogen-bond donors (Lipinski definition) is 2. The van der Waals surface area contributed by atoms with Crippen LogP contribution in [0.15, 0.2) is 72.8 Å². The van der Waals surface area contributed by atoms with Crippen LogP contribution in [0, 0.1) is 10.1 Å². The van der Waals surface area contributed by atoms with Gasteiger partial charge in [-0.3, -0.25) is 10.1 Å². The van der Waals surface area contributed by atoms with E-state index in [4.69, 9.17) is 9.47 Å². The molecule has 0 spiro atoms. The van der Waals surface area contributed by atoms with Crippen molar-refractivity contribution >= 4 is 39.5 Å². The molecule has 1 heterocycles. The van der Waals surface area contributed by atoms with Gasteiger partial charge in [0.2, 0.25) is 5.82 Å². The maximum atomic E-state index is 12.1. The van der Waals surface area contributed by atoms with Crippen LogP contribution in [-0.4, -0.2) is 24.1 Å². The minimum Gasteiger partial charge on any atom is -0.497 e. The summed E-state index contributed by atoms with van der Waals surface area (Å²) in [5.41, 5.74) is 2.18. The van der Waals surface area contributed by atoms with Crippen molar-refractivity contribution in [1.82, 2.24) is 4.98 Å². The number of nitrogens with one attached hydrogen (secondary N) is 2. The van der Waals surface area contributed by atoms with Gasteiger partial charge in [-0.05, 0) is 54.6 Å². The van der Waals surface area contributed by atoms with Crippen LogP contribution in [0.2, 0.25) is 0 Å². The second kappa shape index (κ2) is 8.58. The lowest BCUT2D eigenvalue weighted by Crippen LogP contribution is -2.05. The average Bonchev–Trinajstić information content (AvgIpc) is 2.80. The van der Waals surface area contributed by atoms with Gasteiger partial charge < -0.3 is 20.1 Å². The summed E-state index contributed by atoms with van der Waals surface area (Å²) < 4.78 is 10.4. The third-order valence-electron chi connectivity index (χ3n) is 4.76. The molecule has 0 saturated heterocycles. The van der Waals surface area contributed by atoms with Crippen LogP contribution in [0.25, 0.3) is 10.9 Å². The normalized spacial score (nSPS) is 10.5. The Morgan fingerprint density at radius 3 is 1.90 bits per heavy atom. The molecule has 0 bridgehead atoms. The van der Waals surface area contributed by atoms with Crippen LogP contribution in [0.4, 0.5) is 28.6 Å². The highest BCUT2D eigenvalue weighted by atomic mass is 16.6. The van der Waals surface area contributed by atoms with Crippen molar-refractivity contribution in [3.63, 3.8) is 0 Å². The van der Waals surface area contributed by atoms with E-state index in [1.165, 1.54) is 0 Å². The molecule has 1 aromatic heterocycles. The Kier molecular flexibility index (Phi) is 5.53. The van der Waals surface area contributed by atoms with Crippen molar-refractivity contribution in [1.29, 1.82) is 0 Å². The molecule has 4 aromatic rings. The van der Waals surface area contributed by atoms with E-state index in [1.54, 1.807) is 68.8 Å². The van der Waals surface area contributed by atoms with Gasteiger partial charge in [-0.15, -0.1) is 0 Å². The number of hydrogen-bond acceptors (Lipinski definition) is 7. The second-order valence-corrected chi connectivity index (χ2v) is 6.67. The van der Waals surface area contributed by atoms with Crippen LogP contribution in [0.1, 0.15) is 0 Å². The first-order valence-electron chi connectivity index (χ1n) is 9.48. The standard InChI is InChI=1S/C23H20N4O4/c1-30-17-11-7-15(8-12-17)24-21-19-5-3-4-6-20(19)26-23(22(21)27(28)29)25-16-9-13-18(31-2)14-10-16/h3-14H,1-2H3,(H2,24,25,26). The van der Waals surface area contributed by atoms with Crippen LogP contribution >= 0.6 is 0 Å². The van der Waals surface area contributed by atoms with E-state index in [9.17, 15) is 10.1 Å². The number of pyridine rings is 1. The summed E-state index contributed by atoms with van der Waals surface area (Å²) in [5.74, 6) is 1.53. The summed E-state index contributed by atoms with van der Waals surface area (Å²) in [7, 11) is 3.16. The summed E-state index contributed by atoms with van der Waals surface area (Å²) in [5, 5.41) is 19.0. The molecule has 0 aliphatic rings. The number of ether oxygens (including phenoxy) is 2. The van der Waals surface area contributed by atoms with Crippen LogP contribution in [0.5, 0.6) is 11.5 Å². The molecule has 2 N–H and O–H groups in total. The molecule has 3 aromatic carbocycles. The predicted molar refractivity (Wildman–Crippen MR) is 121 cm³/mol. The molecule has 0 fully saturated rings. The highest BCUT2D eigenvalue weighted by Crippen LogP contribution is 2.40. The van der Waals surface area contributed by atoms with Crippen molar-refractivity contribution in [2.24, 2.45) is 0 Å². The molecule has 0 aliphatic heterocycles. The topological polar surface area (TPSA) is 98.5 Å². The average molecular weight is 416 g/mol. The molecule has 0 amide bonds. The van der Waals surface area contributed by atoms with Crippen LogP contribution < -0.4 is 20.1 Å². The lowest BCUT2D eigenvalue weighted by atomic mass is 10.1. The minimum atomic E-state index is -0.433. The molecule has 31 heavy (non-hydrogen) atoms. The smallest absolute Gasteiger partial charge is 0.335 e. The first kappa shape index (κ1) is 20.0. The Labute approximate surface area is 178 Å². The summed E-state index contributed by atoms with van der Waals surface area (Å²) in [6, 6.07) is 21.5. The zero-order chi connectivity index (χ0) is 21.8. The lowest BCUT2D eigenvalue weighted by molar-refractivity contribution is -0.383. The van der Waals surface area contributed by atoms with E-state index < -0.39 is 4.92 Å². The quantitative estimate of drug-likeness (QED) is 0.297. The van der Waals surface area contributed by atoms with Gasteiger partial charge in [-0.25, -0.2) is 4.98 Å². The molecular weight excluding hydrogens is 396 g/mol. The summed E-state index contributed by atoms with van der Waals surface area (Å²) in [4.78, 5) is 16.2. The van der Waals surface area contributed by atoms with Crippen molar-refractivity contribution in [2.75, 3.05) is 24.9 Å². The largest absolute Gasteiger partial charge is 0.497 e. The van der Waals surface area contributed by atoms with Crippen molar-refractivity contribution in [2.45, 2.75) is 0 Å². The molecule has 0 unspecified atom stereocenters. The Bertz CT molecular complexity index is 1230. The maximum absolute atomic E-state index is 12.1. The number of rotatable bonds is 7. The van der Waals surface area contributed by atoms with Gasteiger partial charge in [-0.1, -0.05) is 18.2 Å². The third-order valence-corrected chi connectivity index (χ3v) is 4.76. The Hall–Kier alpha value is -4.33. The van der Waals surface area contributed by atoms with E-state index in [-0.39, 0.29) is 11.5 Å². The van der Waals surface area contributed by atoms with E-state index in [2.05, 4.69) is 15.6 Å². The van der Waals surface area contributed by atoms with Gasteiger partial charge in [0.1, 0.15) is 17.2 Å². The minimum absolute atomic E-state index is 0.143. The number of fused-ring (bicyclic) bond motifs is 1. The van der Waals surface area contributed by atoms with Gasteiger partial charge in [-0.2, -0.15) is 0 Å². The Balaban J connectivity index is 1.83. The number of methoxy groups -OCH3 is 2. The van der Waals surface area contributed by atoms with Gasteiger partial charge in [0.15, 0.2) is 0 Å². The monoisotopic (exact) mass is 416 g/mol. The first-order valence-corrected chi connectivity index (χ1v) is 9.48. The molecular formula is C23H20N4O4. The fourth-order valence-corrected chi connectivity index (χ4v) is 3.22. The van der Waals surface area contributed by atoms with Crippen LogP contribution in [0.3, 0.4) is 0 Å². The van der Waals surface area contributed by atoms with Crippen molar-refractivity contribution in [3.8, 4) is 11.5 Å². The third kappa shape index (κ3) is 4.18. The molecule has 8 heteroatoms. The fraction of sp³-hybridized carbons (Fsp3) is 0.0870. The fourth-order valence-electron chi connectivity index (χ4n) is 3.22. The van der Waals surface area contributed by atoms with Crippen molar-refractivity contribution in [3.05, 3.63) is 82.9 Å². The van der Waals surface area contributed by atoms with E-state index >= 15 is 0 Å². The zero-order valence-corrected chi connectivity index (χ0v) is 17.0. The molecule has 0 atom stereocenters. The zero-order valence-electron chi connectivity index (χ0n) is 17.0. The maximum Gasteiger partial charge on any atom is 0.335 e. The number of anilines is 4. The van der Waals surface area contributed by atoms with Gasteiger partial charge in [0, 0.05) is 16.8 Å². The van der Waals surface area contributed by atoms with Crippen molar-refractivity contribution < 1.29 is 14.4 Å². The number of nitrogens with zero attached hydrogens (tertiary/aromatic N) is 2. The highest BCUT2D eigenvalue weighted by Gasteiger charge is 2.25. The van der Waals surface area contributed by atoms with E-state index in [1.807, 2.05) is 18.2 Å². The van der Waals surface area contributed by atoms with E-state index in [0.29, 0.717) is 39.5 Å². The SMILES string of the molecule is COc1ccc(Nc2nc3ccccc3c(Nc3ccc(OC)cc3)c2[N+](=O)[O-])cc1. The lowest BCUT2D eigenvalue weighted by Gasteiger charge is -2.14. The molecule has 0 aliphatic carbocycles. The number of nitro groups is 1. The van der Waals surface area contributed by atoms with Gasteiger partial charge >= 0.3 is 5.69 Å². The number of para-hydroxylation sites is 1.